The first-order valence-corrected chi connectivity index (χ1v) is 12.1. The molecule has 9 nitrogen and oxygen atoms in total. The Morgan fingerprint density at radius 2 is 2.06 bits per heavy atom. The second-order valence-electron chi connectivity index (χ2n) is 9.30. The maximum Gasteiger partial charge on any atom is 0.266 e. The van der Waals surface area contributed by atoms with E-state index in [9.17, 15) is 10.1 Å². The molecule has 36 heavy (non-hydrogen) atoms. The van der Waals surface area contributed by atoms with Crippen LogP contribution in [0.1, 0.15) is 24.0 Å². The number of anilines is 1. The molecule has 0 amide bonds. The van der Waals surface area contributed by atoms with Crippen molar-refractivity contribution in [2.45, 2.75) is 19.4 Å². The molecule has 5 aromatic rings. The van der Waals surface area contributed by atoms with Crippen molar-refractivity contribution in [3.05, 3.63) is 69.2 Å². The number of nitriles is 1. The van der Waals surface area contributed by atoms with Crippen LogP contribution in [0.3, 0.4) is 0 Å². The second-order valence-corrected chi connectivity index (χ2v) is 9.73. The molecule has 10 heteroatoms. The van der Waals surface area contributed by atoms with Crippen molar-refractivity contribution in [2.75, 3.05) is 11.9 Å². The third kappa shape index (κ3) is 3.80. The molecule has 0 saturated heterocycles. The first-order chi connectivity index (χ1) is 17.4. The zero-order chi connectivity index (χ0) is 25.0. The van der Waals surface area contributed by atoms with E-state index in [2.05, 4.69) is 16.4 Å². The minimum atomic E-state index is -0.193. The Morgan fingerprint density at radius 3 is 2.81 bits per heavy atom. The van der Waals surface area contributed by atoms with Gasteiger partial charge >= 0.3 is 0 Å². The van der Waals surface area contributed by atoms with Crippen molar-refractivity contribution < 1.29 is 0 Å². The van der Waals surface area contributed by atoms with Crippen LogP contribution in [0.2, 0.25) is 5.02 Å². The molecule has 1 fully saturated rings. The lowest BCUT2D eigenvalue weighted by Gasteiger charge is -2.11. The average molecular weight is 499 g/mol. The van der Waals surface area contributed by atoms with Gasteiger partial charge in [0, 0.05) is 43.4 Å². The van der Waals surface area contributed by atoms with Crippen molar-refractivity contribution in [3.8, 4) is 17.5 Å². The van der Waals surface area contributed by atoms with Crippen molar-refractivity contribution in [1.29, 1.82) is 5.26 Å². The van der Waals surface area contributed by atoms with Crippen molar-refractivity contribution in [3.63, 3.8) is 0 Å². The fourth-order valence-corrected chi connectivity index (χ4v) is 4.76. The van der Waals surface area contributed by atoms with Crippen molar-refractivity contribution in [2.24, 2.45) is 20.0 Å². The molecule has 1 aromatic carbocycles. The Labute approximate surface area is 211 Å². The SMILES string of the molecule is Cn1cc(C#N)cc1-c1c2c(=O)n(C)c(NCC3CC3)nc2nn1Cc1ccnc2ccc(Cl)cc12. The lowest BCUT2D eigenvalue weighted by Crippen LogP contribution is -2.23. The van der Waals surface area contributed by atoms with Crippen molar-refractivity contribution >= 4 is 39.5 Å². The fourth-order valence-electron chi connectivity index (χ4n) is 4.59. The van der Waals surface area contributed by atoms with Crippen LogP contribution >= 0.6 is 11.6 Å². The molecule has 0 aliphatic heterocycles. The Kier molecular flexibility index (Phi) is 5.27. The monoisotopic (exact) mass is 498 g/mol. The van der Waals surface area contributed by atoms with E-state index in [0.717, 1.165) is 23.0 Å². The molecule has 1 aliphatic rings. The third-order valence-electron chi connectivity index (χ3n) is 6.72. The molecule has 0 radical (unpaired) electrons. The van der Waals surface area contributed by atoms with Crippen LogP contribution < -0.4 is 10.9 Å². The number of aryl methyl sites for hydroxylation is 1. The molecule has 4 aromatic heterocycles. The lowest BCUT2D eigenvalue weighted by molar-refractivity contribution is 0.698. The summed E-state index contributed by atoms with van der Waals surface area (Å²) in [6.07, 6.45) is 5.88. The normalized spacial score (nSPS) is 13.4. The highest BCUT2D eigenvalue weighted by Crippen LogP contribution is 2.31. The van der Waals surface area contributed by atoms with E-state index >= 15 is 0 Å². The van der Waals surface area contributed by atoms with Gasteiger partial charge in [0.05, 0.1) is 23.3 Å². The maximum atomic E-state index is 13.6. The van der Waals surface area contributed by atoms with E-state index in [1.165, 1.54) is 17.4 Å². The predicted octanol–water partition coefficient (Wildman–Crippen LogP) is 4.08. The van der Waals surface area contributed by atoms with Crippen LogP contribution in [0, 0.1) is 17.2 Å². The number of pyridine rings is 1. The van der Waals surface area contributed by atoms with Crippen LogP contribution in [-0.2, 0) is 20.6 Å². The summed E-state index contributed by atoms with van der Waals surface area (Å²) in [4.78, 5) is 22.8. The van der Waals surface area contributed by atoms with Gasteiger partial charge < -0.3 is 9.88 Å². The number of halogens is 1. The topological polar surface area (TPSA) is 106 Å². The van der Waals surface area contributed by atoms with Crippen LogP contribution in [0.25, 0.3) is 33.3 Å². The lowest BCUT2D eigenvalue weighted by atomic mass is 10.1. The van der Waals surface area contributed by atoms with Gasteiger partial charge in [-0.25, -0.2) is 0 Å². The highest BCUT2D eigenvalue weighted by molar-refractivity contribution is 6.31. The quantitative estimate of drug-likeness (QED) is 0.378. The molecule has 1 N–H and O–H groups in total. The van der Waals surface area contributed by atoms with Gasteiger partial charge in [-0.15, -0.1) is 0 Å². The Balaban J connectivity index is 1.57. The molecule has 0 atom stereocenters. The van der Waals surface area contributed by atoms with Crippen molar-refractivity contribution in [1.82, 2.24) is 28.9 Å². The first kappa shape index (κ1) is 22.3. The van der Waals surface area contributed by atoms with Crippen LogP contribution in [0.4, 0.5) is 5.95 Å². The largest absolute Gasteiger partial charge is 0.355 e. The third-order valence-corrected chi connectivity index (χ3v) is 6.95. The smallest absolute Gasteiger partial charge is 0.266 e. The van der Waals surface area contributed by atoms with E-state index in [1.807, 2.05) is 35.9 Å². The molecule has 0 spiro atoms. The number of rotatable bonds is 6. The van der Waals surface area contributed by atoms with Crippen LogP contribution in [0.5, 0.6) is 0 Å². The molecule has 6 rings (SSSR count). The van der Waals surface area contributed by atoms with E-state index in [1.54, 1.807) is 30.2 Å². The Bertz CT molecular complexity index is 1750. The molecule has 0 bridgehead atoms. The minimum absolute atomic E-state index is 0.193. The summed E-state index contributed by atoms with van der Waals surface area (Å²) in [5.41, 5.74) is 3.77. The number of hydrogen-bond donors (Lipinski definition) is 1. The zero-order valence-corrected chi connectivity index (χ0v) is 20.6. The number of benzene rings is 1. The maximum absolute atomic E-state index is 13.6. The van der Waals surface area contributed by atoms with E-state index in [0.29, 0.717) is 51.4 Å². The van der Waals surface area contributed by atoms with Gasteiger partial charge in [-0.3, -0.25) is 19.0 Å². The number of nitrogens with zero attached hydrogens (tertiary/aromatic N) is 7. The highest BCUT2D eigenvalue weighted by Gasteiger charge is 2.25. The molecular weight excluding hydrogens is 476 g/mol. The van der Waals surface area contributed by atoms with Gasteiger partial charge in [-0.1, -0.05) is 11.6 Å². The Hall–Kier alpha value is -4.16. The van der Waals surface area contributed by atoms with Crippen LogP contribution in [-0.4, -0.2) is 35.4 Å². The Morgan fingerprint density at radius 1 is 1.22 bits per heavy atom. The van der Waals surface area contributed by atoms with Gasteiger partial charge in [-0.2, -0.15) is 15.3 Å². The van der Waals surface area contributed by atoms with E-state index in [-0.39, 0.29) is 5.56 Å². The van der Waals surface area contributed by atoms with E-state index < -0.39 is 0 Å². The summed E-state index contributed by atoms with van der Waals surface area (Å²) in [5.74, 6) is 1.13. The van der Waals surface area contributed by atoms with Gasteiger partial charge in [0.15, 0.2) is 5.65 Å². The van der Waals surface area contributed by atoms with E-state index in [4.69, 9.17) is 21.7 Å². The van der Waals surface area contributed by atoms with Gasteiger partial charge in [0.2, 0.25) is 5.95 Å². The molecule has 1 aliphatic carbocycles. The standard InChI is InChI=1S/C26H23ClN8O/c1-33-13-16(11-28)9-21(33)23-22-24(31-26(34(2)25(22)36)30-12-15-3-4-15)32-35(23)14-17-7-8-29-20-6-5-18(27)10-19(17)20/h5-10,13,15H,3-4,12,14H2,1-2H3,(H,30,31,32). The summed E-state index contributed by atoms with van der Waals surface area (Å²) in [7, 11) is 3.57. The predicted molar refractivity (Wildman–Crippen MR) is 139 cm³/mol. The number of aromatic nitrogens is 6. The number of nitrogens with one attached hydrogen (secondary N) is 1. The van der Waals surface area contributed by atoms with Gasteiger partial charge in [0.25, 0.3) is 5.56 Å². The van der Waals surface area contributed by atoms with Gasteiger partial charge in [0.1, 0.15) is 17.1 Å². The fraction of sp³-hybridized carbons (Fsp3) is 0.269. The van der Waals surface area contributed by atoms with Gasteiger partial charge in [-0.05, 0) is 54.7 Å². The summed E-state index contributed by atoms with van der Waals surface area (Å²) in [6.45, 7) is 1.15. The molecule has 1 saturated carbocycles. The molecule has 180 valence electrons. The number of fused-ring (bicyclic) bond motifs is 2. The number of hydrogen-bond acceptors (Lipinski definition) is 6. The molecular formula is C26H23ClN8O. The molecule has 0 unspecified atom stereocenters. The summed E-state index contributed by atoms with van der Waals surface area (Å²) in [6, 6.07) is 11.5. The second kappa shape index (κ2) is 8.50. The minimum Gasteiger partial charge on any atom is -0.355 e. The first-order valence-electron chi connectivity index (χ1n) is 11.7. The summed E-state index contributed by atoms with van der Waals surface area (Å²) < 4.78 is 5.16. The summed E-state index contributed by atoms with van der Waals surface area (Å²) in [5, 5.41) is 19.5. The molecule has 4 heterocycles. The van der Waals surface area contributed by atoms with Crippen LogP contribution in [0.15, 0.2) is 47.5 Å². The zero-order valence-electron chi connectivity index (χ0n) is 19.9. The average Bonchev–Trinajstić information content (AvgIpc) is 3.53. The summed E-state index contributed by atoms with van der Waals surface area (Å²) >= 11 is 6.29. The highest BCUT2D eigenvalue weighted by atomic mass is 35.5.